The maximum atomic E-state index is 12.2. The number of anilines is 1. The van der Waals surface area contributed by atoms with Gasteiger partial charge >= 0.3 is 5.97 Å². The number of aryl methyl sites for hydroxylation is 1. The lowest BCUT2D eigenvalue weighted by atomic mass is 10.2. The van der Waals surface area contributed by atoms with Crippen molar-refractivity contribution >= 4 is 27.6 Å². The van der Waals surface area contributed by atoms with Crippen molar-refractivity contribution in [2.24, 2.45) is 0 Å². The zero-order valence-electron chi connectivity index (χ0n) is 14.9. The summed E-state index contributed by atoms with van der Waals surface area (Å²) in [5.74, 6) is 0.315. The van der Waals surface area contributed by atoms with Crippen LogP contribution in [0.25, 0.3) is 0 Å². The first-order valence-corrected chi connectivity index (χ1v) is 9.30. The van der Waals surface area contributed by atoms with Crippen LogP contribution in [0.3, 0.4) is 0 Å². The number of carbonyl (C=O) groups is 1. The van der Waals surface area contributed by atoms with Crippen LogP contribution in [0.2, 0.25) is 0 Å². The highest BCUT2D eigenvalue weighted by molar-refractivity contribution is 9.10. The van der Waals surface area contributed by atoms with Crippen molar-refractivity contribution in [1.82, 2.24) is 0 Å². The van der Waals surface area contributed by atoms with Gasteiger partial charge in [0.15, 0.2) is 0 Å². The number of nitrogen functional groups attached to an aromatic ring is 1. The summed E-state index contributed by atoms with van der Waals surface area (Å²) in [4.78, 5) is 12.2. The van der Waals surface area contributed by atoms with Gasteiger partial charge < -0.3 is 15.2 Å². The van der Waals surface area contributed by atoms with Crippen LogP contribution in [-0.2, 0) is 18.0 Å². The quantitative estimate of drug-likeness (QED) is 0.431. The summed E-state index contributed by atoms with van der Waals surface area (Å²) in [6, 6.07) is 20.8. The highest BCUT2D eigenvalue weighted by Gasteiger charge is 2.12. The van der Waals surface area contributed by atoms with Gasteiger partial charge in [-0.3, -0.25) is 0 Å². The Hall–Kier alpha value is -2.79. The normalized spacial score (nSPS) is 10.4. The molecule has 3 aromatic carbocycles. The van der Waals surface area contributed by atoms with Crippen molar-refractivity contribution in [3.8, 4) is 5.75 Å². The van der Waals surface area contributed by atoms with E-state index in [-0.39, 0.29) is 6.61 Å². The molecule has 4 nitrogen and oxygen atoms in total. The molecule has 0 atom stereocenters. The van der Waals surface area contributed by atoms with Gasteiger partial charge in [0.2, 0.25) is 0 Å². The second-order valence-corrected chi connectivity index (χ2v) is 7.14. The smallest absolute Gasteiger partial charge is 0.340 e. The van der Waals surface area contributed by atoms with Gasteiger partial charge in [-0.2, -0.15) is 0 Å². The standard InChI is InChI=1S/C22H20BrNO3/c1-15-2-4-16(5-3-15)13-26-19-9-6-17(7-10-19)14-27-22(25)20-12-18(23)8-11-21(20)24/h2-12H,13-14,24H2,1H3. The first-order chi connectivity index (χ1) is 13.0. The number of carbonyl (C=O) groups excluding carboxylic acids is 1. The van der Waals surface area contributed by atoms with E-state index in [1.54, 1.807) is 18.2 Å². The maximum absolute atomic E-state index is 12.2. The van der Waals surface area contributed by atoms with E-state index in [1.807, 2.05) is 24.3 Å². The molecule has 27 heavy (non-hydrogen) atoms. The predicted molar refractivity (Wildman–Crippen MR) is 110 cm³/mol. The van der Waals surface area contributed by atoms with Crippen LogP contribution >= 0.6 is 15.9 Å². The lowest BCUT2D eigenvalue weighted by Gasteiger charge is -2.09. The van der Waals surface area contributed by atoms with Gasteiger partial charge in [0.1, 0.15) is 19.0 Å². The number of rotatable bonds is 6. The Morgan fingerprint density at radius 3 is 2.26 bits per heavy atom. The van der Waals surface area contributed by atoms with Crippen molar-refractivity contribution in [1.29, 1.82) is 0 Å². The van der Waals surface area contributed by atoms with Crippen LogP contribution in [0.5, 0.6) is 5.75 Å². The number of nitrogens with two attached hydrogens (primary N) is 1. The second-order valence-electron chi connectivity index (χ2n) is 6.23. The molecule has 0 heterocycles. The fourth-order valence-corrected chi connectivity index (χ4v) is 2.83. The summed E-state index contributed by atoms with van der Waals surface area (Å²) in [5.41, 5.74) is 9.79. The number of benzene rings is 3. The molecule has 138 valence electrons. The van der Waals surface area contributed by atoms with E-state index in [2.05, 4.69) is 47.1 Å². The SMILES string of the molecule is Cc1ccc(COc2ccc(COC(=O)c3cc(Br)ccc3N)cc2)cc1. The molecule has 0 aliphatic heterocycles. The number of hydrogen-bond donors (Lipinski definition) is 1. The molecule has 0 bridgehead atoms. The molecule has 0 saturated heterocycles. The van der Waals surface area contributed by atoms with Gasteiger partial charge in [-0.25, -0.2) is 4.79 Å². The molecule has 3 rings (SSSR count). The highest BCUT2D eigenvalue weighted by atomic mass is 79.9. The molecular weight excluding hydrogens is 406 g/mol. The molecule has 0 aliphatic carbocycles. The summed E-state index contributed by atoms with van der Waals surface area (Å²) in [6.07, 6.45) is 0. The van der Waals surface area contributed by atoms with Gasteiger partial charge in [-0.15, -0.1) is 0 Å². The average Bonchev–Trinajstić information content (AvgIpc) is 2.68. The van der Waals surface area contributed by atoms with Crippen molar-refractivity contribution < 1.29 is 14.3 Å². The zero-order valence-corrected chi connectivity index (χ0v) is 16.5. The van der Waals surface area contributed by atoms with Gasteiger partial charge in [-0.1, -0.05) is 57.9 Å². The lowest BCUT2D eigenvalue weighted by molar-refractivity contribution is 0.0474. The largest absolute Gasteiger partial charge is 0.489 e. The summed E-state index contributed by atoms with van der Waals surface area (Å²) < 4.78 is 11.9. The van der Waals surface area contributed by atoms with E-state index in [1.165, 1.54) is 5.56 Å². The van der Waals surface area contributed by atoms with Crippen molar-refractivity contribution in [3.63, 3.8) is 0 Å². The highest BCUT2D eigenvalue weighted by Crippen LogP contribution is 2.20. The minimum absolute atomic E-state index is 0.170. The Kier molecular flexibility index (Phi) is 6.14. The summed E-state index contributed by atoms with van der Waals surface area (Å²) in [5, 5.41) is 0. The molecule has 0 fully saturated rings. The second kappa shape index (κ2) is 8.73. The van der Waals surface area contributed by atoms with E-state index in [0.717, 1.165) is 21.3 Å². The van der Waals surface area contributed by atoms with Gasteiger partial charge in [0.25, 0.3) is 0 Å². The van der Waals surface area contributed by atoms with E-state index in [4.69, 9.17) is 15.2 Å². The predicted octanol–water partition coefficient (Wildman–Crippen LogP) is 5.28. The Labute approximate surface area is 167 Å². The molecule has 0 unspecified atom stereocenters. The first kappa shape index (κ1) is 19.0. The monoisotopic (exact) mass is 425 g/mol. The molecule has 3 aromatic rings. The third-order valence-corrected chi connectivity index (χ3v) is 4.55. The van der Waals surface area contributed by atoms with E-state index in [9.17, 15) is 4.79 Å². The van der Waals surface area contributed by atoms with E-state index >= 15 is 0 Å². The zero-order chi connectivity index (χ0) is 19.2. The van der Waals surface area contributed by atoms with Crippen LogP contribution in [0.1, 0.15) is 27.0 Å². The fourth-order valence-electron chi connectivity index (χ4n) is 2.46. The molecule has 5 heteroatoms. The molecule has 0 aliphatic rings. The number of ether oxygens (including phenoxy) is 2. The van der Waals surface area contributed by atoms with Gasteiger partial charge in [-0.05, 0) is 48.4 Å². The number of hydrogen-bond acceptors (Lipinski definition) is 4. The van der Waals surface area contributed by atoms with Crippen LogP contribution in [0, 0.1) is 6.92 Å². The molecular formula is C22H20BrNO3. The Bertz CT molecular complexity index is 921. The first-order valence-electron chi connectivity index (χ1n) is 8.51. The topological polar surface area (TPSA) is 61.5 Å². The average molecular weight is 426 g/mol. The molecule has 0 amide bonds. The lowest BCUT2D eigenvalue weighted by Crippen LogP contribution is -2.08. The number of halogens is 1. The Morgan fingerprint density at radius 2 is 1.56 bits per heavy atom. The fraction of sp³-hybridized carbons (Fsp3) is 0.136. The summed E-state index contributed by atoms with van der Waals surface area (Å²) >= 11 is 3.33. The third-order valence-electron chi connectivity index (χ3n) is 4.05. The van der Waals surface area contributed by atoms with Crippen LogP contribution in [0.4, 0.5) is 5.69 Å². The van der Waals surface area contributed by atoms with Crippen molar-refractivity contribution in [3.05, 3.63) is 93.5 Å². The molecule has 0 spiro atoms. The van der Waals surface area contributed by atoms with Crippen LogP contribution in [0.15, 0.2) is 71.2 Å². The Balaban J connectivity index is 1.53. The van der Waals surface area contributed by atoms with Gasteiger partial charge in [0, 0.05) is 10.2 Å². The molecule has 2 N–H and O–H groups in total. The third kappa shape index (κ3) is 5.34. The summed E-state index contributed by atoms with van der Waals surface area (Å²) in [6.45, 7) is 2.74. The van der Waals surface area contributed by atoms with E-state index in [0.29, 0.717) is 17.9 Å². The Morgan fingerprint density at radius 1 is 0.926 bits per heavy atom. The van der Waals surface area contributed by atoms with Crippen LogP contribution < -0.4 is 10.5 Å². The molecule has 0 radical (unpaired) electrons. The van der Waals surface area contributed by atoms with Crippen LogP contribution in [-0.4, -0.2) is 5.97 Å². The van der Waals surface area contributed by atoms with E-state index < -0.39 is 5.97 Å². The maximum Gasteiger partial charge on any atom is 0.340 e. The summed E-state index contributed by atoms with van der Waals surface area (Å²) in [7, 11) is 0. The van der Waals surface area contributed by atoms with Crippen molar-refractivity contribution in [2.75, 3.05) is 5.73 Å². The van der Waals surface area contributed by atoms with Gasteiger partial charge in [0.05, 0.1) is 5.56 Å². The number of esters is 1. The minimum Gasteiger partial charge on any atom is -0.489 e. The van der Waals surface area contributed by atoms with Crippen molar-refractivity contribution in [2.45, 2.75) is 20.1 Å². The molecule has 0 aromatic heterocycles. The minimum atomic E-state index is -0.450. The molecule has 0 saturated carbocycles.